The number of aryl methyl sites for hydroxylation is 1. The Kier molecular flexibility index (Phi) is 3.48. The van der Waals surface area contributed by atoms with Crippen LogP contribution in [0.3, 0.4) is 0 Å². The van der Waals surface area contributed by atoms with Gasteiger partial charge in [-0.3, -0.25) is 4.79 Å². The van der Waals surface area contributed by atoms with Crippen LogP contribution in [-0.2, 0) is 16.6 Å². The fourth-order valence-electron chi connectivity index (χ4n) is 1.92. The Morgan fingerprint density at radius 2 is 1.95 bits per heavy atom. The van der Waals surface area contributed by atoms with Crippen LogP contribution in [0.15, 0.2) is 18.3 Å². The van der Waals surface area contributed by atoms with E-state index in [0.29, 0.717) is 16.2 Å². The highest BCUT2D eigenvalue weighted by molar-refractivity contribution is 6.43. The lowest BCUT2D eigenvalue weighted by atomic mass is 10.1. The van der Waals surface area contributed by atoms with Crippen molar-refractivity contribution < 1.29 is 19.1 Å². The highest BCUT2D eigenvalue weighted by Crippen LogP contribution is 2.32. The molecule has 1 aromatic carbocycles. The highest BCUT2D eigenvalue weighted by Gasteiger charge is 2.22. The van der Waals surface area contributed by atoms with Gasteiger partial charge in [0.2, 0.25) is 0 Å². The Morgan fingerprint density at radius 3 is 2.53 bits per heavy atom. The fraction of sp³-hybridized carbons (Fsp3) is 0.231. The lowest BCUT2D eigenvalue weighted by Gasteiger charge is -2.04. The zero-order valence-electron chi connectivity index (χ0n) is 10.7. The lowest BCUT2D eigenvalue weighted by Crippen LogP contribution is -2.15. The van der Waals surface area contributed by atoms with Crippen LogP contribution in [-0.4, -0.2) is 30.5 Å². The van der Waals surface area contributed by atoms with E-state index in [9.17, 15) is 9.59 Å². The van der Waals surface area contributed by atoms with Gasteiger partial charge in [-0.2, -0.15) is 0 Å². The molecule has 19 heavy (non-hydrogen) atoms. The molecule has 0 amide bonds. The molecule has 0 bridgehead atoms. The summed E-state index contributed by atoms with van der Waals surface area (Å²) in [5.74, 6) is -1.15. The largest absolute Gasteiger partial charge is 0.495 e. The van der Waals surface area contributed by atoms with Crippen molar-refractivity contribution >= 4 is 34.3 Å². The molecule has 6 heteroatoms. The molecule has 0 unspecified atom stereocenters. The number of esters is 1. The molecule has 2 aromatic rings. The third kappa shape index (κ3) is 2.17. The number of carbonyl (C=O) groups excluding carboxylic acids is 2. The third-order valence-corrected chi connectivity index (χ3v) is 3.17. The van der Waals surface area contributed by atoms with E-state index in [4.69, 9.17) is 16.3 Å². The van der Waals surface area contributed by atoms with E-state index >= 15 is 0 Å². The minimum absolute atomic E-state index is 0.263. The normalized spacial score (nSPS) is 10.5. The van der Waals surface area contributed by atoms with E-state index in [0.717, 1.165) is 5.52 Å². The first-order valence-electron chi connectivity index (χ1n) is 5.44. The van der Waals surface area contributed by atoms with Gasteiger partial charge in [-0.05, 0) is 12.1 Å². The van der Waals surface area contributed by atoms with E-state index in [1.807, 2.05) is 0 Å². The molecule has 0 atom stereocenters. The summed E-state index contributed by atoms with van der Waals surface area (Å²) in [5.41, 5.74) is 0.998. The average molecular weight is 282 g/mol. The molecule has 0 saturated heterocycles. The summed E-state index contributed by atoms with van der Waals surface area (Å²) in [7, 11) is 4.42. The molecule has 0 aliphatic rings. The molecule has 2 rings (SSSR count). The van der Waals surface area contributed by atoms with E-state index in [1.54, 1.807) is 29.9 Å². The number of rotatable bonds is 3. The first-order chi connectivity index (χ1) is 8.99. The number of ketones is 1. The van der Waals surface area contributed by atoms with Gasteiger partial charge in [0.15, 0.2) is 0 Å². The number of methoxy groups -OCH3 is 2. The Labute approximate surface area is 114 Å². The Bertz CT molecular complexity index is 675. The number of hydrogen-bond acceptors (Lipinski definition) is 4. The Morgan fingerprint density at radius 1 is 1.26 bits per heavy atom. The molecule has 0 N–H and O–H groups in total. The van der Waals surface area contributed by atoms with E-state index < -0.39 is 11.8 Å². The molecular weight excluding hydrogens is 270 g/mol. The molecule has 0 radical (unpaired) electrons. The number of carbonyl (C=O) groups is 2. The first kappa shape index (κ1) is 13.4. The number of nitrogens with zero attached hydrogens (tertiary/aromatic N) is 1. The number of ether oxygens (including phenoxy) is 2. The molecule has 0 spiro atoms. The summed E-state index contributed by atoms with van der Waals surface area (Å²) < 4.78 is 11.3. The van der Waals surface area contributed by atoms with Crippen molar-refractivity contribution in [3.63, 3.8) is 0 Å². The molecule has 5 nitrogen and oxygen atoms in total. The van der Waals surface area contributed by atoms with Crippen molar-refractivity contribution in [1.82, 2.24) is 4.57 Å². The standard InChI is InChI=1S/C13H12ClNO4/c1-15-6-8(12(16)13(17)19-3)7-4-11(18-2)9(14)5-10(7)15/h4-6H,1-3H3. The maximum absolute atomic E-state index is 11.9. The zero-order chi connectivity index (χ0) is 14.2. The first-order valence-corrected chi connectivity index (χ1v) is 5.82. The SMILES string of the molecule is COC(=O)C(=O)c1cn(C)c2cc(Cl)c(OC)cc12. The lowest BCUT2D eigenvalue weighted by molar-refractivity contribution is -0.135. The van der Waals surface area contributed by atoms with E-state index in [1.165, 1.54) is 14.2 Å². The number of Topliss-reactive ketones (excluding diaryl/α,β-unsaturated/α-hetero) is 1. The second-order valence-electron chi connectivity index (χ2n) is 3.98. The van der Waals surface area contributed by atoms with Crippen LogP contribution in [0.4, 0.5) is 0 Å². The minimum atomic E-state index is -0.901. The molecular formula is C13H12ClNO4. The number of halogens is 1. The van der Waals surface area contributed by atoms with Crippen molar-refractivity contribution in [2.45, 2.75) is 0 Å². The van der Waals surface area contributed by atoms with Crippen LogP contribution < -0.4 is 4.74 Å². The molecule has 1 aromatic heterocycles. The van der Waals surface area contributed by atoms with Gasteiger partial charge in [-0.1, -0.05) is 11.6 Å². The minimum Gasteiger partial charge on any atom is -0.495 e. The molecule has 0 fully saturated rings. The van der Waals surface area contributed by atoms with Crippen LogP contribution in [0.5, 0.6) is 5.75 Å². The maximum atomic E-state index is 11.9. The number of fused-ring (bicyclic) bond motifs is 1. The van der Waals surface area contributed by atoms with Crippen LogP contribution in [0.1, 0.15) is 10.4 Å². The van der Waals surface area contributed by atoms with Crippen molar-refractivity contribution in [2.24, 2.45) is 7.05 Å². The van der Waals surface area contributed by atoms with Crippen molar-refractivity contribution in [1.29, 1.82) is 0 Å². The van der Waals surface area contributed by atoms with Crippen LogP contribution in [0, 0.1) is 0 Å². The smallest absolute Gasteiger partial charge is 0.379 e. The fourth-order valence-corrected chi connectivity index (χ4v) is 2.16. The molecule has 0 aliphatic carbocycles. The number of aromatic nitrogens is 1. The van der Waals surface area contributed by atoms with Gasteiger partial charge in [0.1, 0.15) is 5.75 Å². The predicted octanol–water partition coefficient (Wildman–Crippen LogP) is 2.20. The van der Waals surface area contributed by atoms with Crippen molar-refractivity contribution in [3.8, 4) is 5.75 Å². The van der Waals surface area contributed by atoms with E-state index in [2.05, 4.69) is 4.74 Å². The van der Waals surface area contributed by atoms with Crippen molar-refractivity contribution in [3.05, 3.63) is 28.9 Å². The van der Waals surface area contributed by atoms with Gasteiger partial charge >= 0.3 is 5.97 Å². The summed E-state index contributed by atoms with van der Waals surface area (Å²) >= 11 is 6.04. The number of hydrogen-bond donors (Lipinski definition) is 0. The van der Waals surface area contributed by atoms with Crippen LogP contribution in [0.25, 0.3) is 10.9 Å². The Hall–Kier alpha value is -2.01. The van der Waals surface area contributed by atoms with Gasteiger partial charge in [-0.15, -0.1) is 0 Å². The molecule has 100 valence electrons. The topological polar surface area (TPSA) is 57.5 Å². The summed E-state index contributed by atoms with van der Waals surface area (Å²) in [5, 5.41) is 1.03. The van der Waals surface area contributed by atoms with Gasteiger partial charge in [-0.25, -0.2) is 4.79 Å². The second kappa shape index (κ2) is 4.93. The van der Waals surface area contributed by atoms with Gasteiger partial charge in [0.05, 0.1) is 30.3 Å². The van der Waals surface area contributed by atoms with E-state index in [-0.39, 0.29) is 5.56 Å². The summed E-state index contributed by atoms with van der Waals surface area (Å²) in [6, 6.07) is 3.32. The summed E-state index contributed by atoms with van der Waals surface area (Å²) in [6.07, 6.45) is 1.57. The zero-order valence-corrected chi connectivity index (χ0v) is 11.4. The monoisotopic (exact) mass is 281 g/mol. The van der Waals surface area contributed by atoms with Gasteiger partial charge in [0.25, 0.3) is 5.78 Å². The predicted molar refractivity (Wildman–Crippen MR) is 70.8 cm³/mol. The van der Waals surface area contributed by atoms with Crippen LogP contribution >= 0.6 is 11.6 Å². The highest BCUT2D eigenvalue weighted by atomic mass is 35.5. The summed E-state index contributed by atoms with van der Waals surface area (Å²) in [6.45, 7) is 0. The maximum Gasteiger partial charge on any atom is 0.379 e. The second-order valence-corrected chi connectivity index (χ2v) is 4.39. The third-order valence-electron chi connectivity index (χ3n) is 2.88. The molecule has 0 saturated carbocycles. The quantitative estimate of drug-likeness (QED) is 0.492. The van der Waals surface area contributed by atoms with Gasteiger partial charge in [0, 0.05) is 18.6 Å². The average Bonchev–Trinajstić information content (AvgIpc) is 2.72. The molecule has 1 heterocycles. The van der Waals surface area contributed by atoms with Gasteiger partial charge < -0.3 is 14.0 Å². The molecule has 0 aliphatic heterocycles. The Balaban J connectivity index is 2.69. The summed E-state index contributed by atoms with van der Waals surface area (Å²) in [4.78, 5) is 23.3. The van der Waals surface area contributed by atoms with Crippen molar-refractivity contribution in [2.75, 3.05) is 14.2 Å². The van der Waals surface area contributed by atoms with Crippen LogP contribution in [0.2, 0.25) is 5.02 Å². The number of benzene rings is 1.